The van der Waals surface area contributed by atoms with Crippen LogP contribution in [-0.4, -0.2) is 0 Å². The summed E-state index contributed by atoms with van der Waals surface area (Å²) in [4.78, 5) is 0. The molecule has 0 amide bonds. The van der Waals surface area contributed by atoms with E-state index in [9.17, 15) is 0 Å². The van der Waals surface area contributed by atoms with Gasteiger partial charge in [0.1, 0.15) is 0 Å². The Morgan fingerprint density at radius 1 is 1.22 bits per heavy atom. The first kappa shape index (κ1) is 8.56. The Balaban J connectivity index is 0.000000291. The molecule has 0 N–H and O–H groups in total. The molecule has 0 radical (unpaired) electrons. The molecule has 0 bridgehead atoms. The molecule has 0 aliphatic heterocycles. The zero-order valence-electron chi connectivity index (χ0n) is 6.48. The fourth-order valence-electron chi connectivity index (χ4n) is 1.09. The minimum atomic E-state index is 0.625. The number of terminal acetylenes is 1. The first-order valence-corrected chi connectivity index (χ1v) is 3.89. The summed E-state index contributed by atoms with van der Waals surface area (Å²) >= 11 is 0. The minimum Gasteiger partial charge on any atom is -0.120 e. The van der Waals surface area contributed by atoms with Crippen LogP contribution < -0.4 is 0 Å². The van der Waals surface area contributed by atoms with Crippen LogP contribution in [0.4, 0.5) is 0 Å². The Labute approximate surface area is 58.7 Å². The molecule has 0 nitrogen and oxygen atoms in total. The summed E-state index contributed by atoms with van der Waals surface area (Å²) in [7, 11) is 0. The Kier molecular flexibility index (Phi) is 5.41. The fourth-order valence-corrected chi connectivity index (χ4v) is 1.09. The molecule has 0 heterocycles. The van der Waals surface area contributed by atoms with Crippen molar-refractivity contribution in [2.45, 2.75) is 39.5 Å². The van der Waals surface area contributed by atoms with Gasteiger partial charge in [-0.2, -0.15) is 0 Å². The van der Waals surface area contributed by atoms with E-state index in [0.29, 0.717) is 5.92 Å². The maximum absolute atomic E-state index is 5.18. The van der Waals surface area contributed by atoms with Crippen molar-refractivity contribution in [3.8, 4) is 12.3 Å². The zero-order chi connectivity index (χ0) is 7.11. The molecule has 9 heavy (non-hydrogen) atoms. The van der Waals surface area contributed by atoms with Gasteiger partial charge in [-0.05, 0) is 12.8 Å². The fraction of sp³-hybridized carbons (Fsp3) is 0.778. The van der Waals surface area contributed by atoms with E-state index in [1.54, 1.807) is 0 Å². The van der Waals surface area contributed by atoms with Gasteiger partial charge in [0.15, 0.2) is 0 Å². The highest BCUT2D eigenvalue weighted by Gasteiger charge is 2.10. The molecule has 0 saturated heterocycles. The Bertz CT molecular complexity index is 80.7. The normalized spacial score (nSPS) is 17.9. The highest BCUT2D eigenvalue weighted by atomic mass is 14.1. The highest BCUT2D eigenvalue weighted by molar-refractivity contribution is 4.94. The van der Waals surface area contributed by atoms with Crippen molar-refractivity contribution in [2.24, 2.45) is 5.92 Å². The lowest BCUT2D eigenvalue weighted by atomic mass is 10.1. The summed E-state index contributed by atoms with van der Waals surface area (Å²) in [5.74, 6) is 3.39. The van der Waals surface area contributed by atoms with E-state index in [2.05, 4.69) is 5.92 Å². The van der Waals surface area contributed by atoms with Crippen LogP contribution in [0.25, 0.3) is 0 Å². The van der Waals surface area contributed by atoms with E-state index in [4.69, 9.17) is 6.42 Å². The third-order valence-corrected chi connectivity index (χ3v) is 1.59. The third-order valence-electron chi connectivity index (χ3n) is 1.59. The predicted molar refractivity (Wildman–Crippen MR) is 42.1 cm³/mol. The van der Waals surface area contributed by atoms with Gasteiger partial charge in [0.05, 0.1) is 0 Å². The SMILES string of the molecule is C#CC1CCCC1.CC. The van der Waals surface area contributed by atoms with Gasteiger partial charge in [-0.15, -0.1) is 12.3 Å². The van der Waals surface area contributed by atoms with Crippen LogP contribution in [0.3, 0.4) is 0 Å². The quantitative estimate of drug-likeness (QED) is 0.436. The largest absolute Gasteiger partial charge is 0.120 e. The first-order chi connectivity index (χ1) is 4.43. The van der Waals surface area contributed by atoms with Crippen LogP contribution in [0.1, 0.15) is 39.5 Å². The van der Waals surface area contributed by atoms with Crippen LogP contribution in [0, 0.1) is 18.3 Å². The molecule has 1 saturated carbocycles. The summed E-state index contributed by atoms with van der Waals surface area (Å²) in [6.07, 6.45) is 10.4. The van der Waals surface area contributed by atoms with E-state index in [0.717, 1.165) is 0 Å². The molecule has 0 aromatic rings. The standard InChI is InChI=1S/C7H10.C2H6/c1-2-7-5-3-4-6-7;1-2/h1,7H,3-6H2;1-2H3. The molecule has 0 aromatic carbocycles. The van der Waals surface area contributed by atoms with Gasteiger partial charge in [-0.25, -0.2) is 0 Å². The topological polar surface area (TPSA) is 0 Å². The molecular weight excluding hydrogens is 108 g/mol. The summed E-state index contributed by atoms with van der Waals surface area (Å²) < 4.78 is 0. The lowest BCUT2D eigenvalue weighted by Crippen LogP contribution is -1.83. The second-order valence-electron chi connectivity index (χ2n) is 2.15. The molecule has 52 valence electrons. The molecule has 0 atom stereocenters. The molecule has 1 rings (SSSR count). The highest BCUT2D eigenvalue weighted by Crippen LogP contribution is 2.22. The van der Waals surface area contributed by atoms with Gasteiger partial charge >= 0.3 is 0 Å². The second-order valence-corrected chi connectivity index (χ2v) is 2.15. The Hall–Kier alpha value is -0.440. The molecule has 0 unspecified atom stereocenters. The van der Waals surface area contributed by atoms with Crippen LogP contribution in [0.15, 0.2) is 0 Å². The van der Waals surface area contributed by atoms with E-state index in [1.807, 2.05) is 13.8 Å². The van der Waals surface area contributed by atoms with E-state index in [-0.39, 0.29) is 0 Å². The molecule has 1 fully saturated rings. The van der Waals surface area contributed by atoms with Crippen LogP contribution in [0.5, 0.6) is 0 Å². The van der Waals surface area contributed by atoms with Gasteiger partial charge in [0, 0.05) is 5.92 Å². The van der Waals surface area contributed by atoms with E-state index < -0.39 is 0 Å². The van der Waals surface area contributed by atoms with Crippen molar-refractivity contribution in [1.29, 1.82) is 0 Å². The van der Waals surface area contributed by atoms with Crippen molar-refractivity contribution < 1.29 is 0 Å². The summed E-state index contributed by atoms with van der Waals surface area (Å²) in [5, 5.41) is 0. The summed E-state index contributed by atoms with van der Waals surface area (Å²) in [6.45, 7) is 4.00. The van der Waals surface area contributed by atoms with Crippen LogP contribution in [0.2, 0.25) is 0 Å². The monoisotopic (exact) mass is 124 g/mol. The van der Waals surface area contributed by atoms with Crippen molar-refractivity contribution in [1.82, 2.24) is 0 Å². The van der Waals surface area contributed by atoms with Crippen molar-refractivity contribution in [2.75, 3.05) is 0 Å². The molecule has 0 spiro atoms. The number of hydrogen-bond donors (Lipinski definition) is 0. The third kappa shape index (κ3) is 3.19. The lowest BCUT2D eigenvalue weighted by molar-refractivity contribution is 0.713. The Morgan fingerprint density at radius 2 is 1.67 bits per heavy atom. The molecule has 0 aromatic heterocycles. The molecule has 1 aliphatic rings. The maximum atomic E-state index is 5.18. The molecule has 1 aliphatic carbocycles. The van der Waals surface area contributed by atoms with Gasteiger partial charge in [-0.3, -0.25) is 0 Å². The average molecular weight is 124 g/mol. The molecule has 0 heteroatoms. The van der Waals surface area contributed by atoms with Crippen LogP contribution in [-0.2, 0) is 0 Å². The average Bonchev–Trinajstić information content (AvgIpc) is 2.43. The smallest absolute Gasteiger partial charge is 0.0200 e. The lowest BCUT2D eigenvalue weighted by Gasteiger charge is -1.91. The van der Waals surface area contributed by atoms with Gasteiger partial charge in [0.25, 0.3) is 0 Å². The number of hydrogen-bond acceptors (Lipinski definition) is 0. The van der Waals surface area contributed by atoms with Gasteiger partial charge in [-0.1, -0.05) is 26.7 Å². The van der Waals surface area contributed by atoms with Crippen molar-refractivity contribution in [3.05, 3.63) is 0 Å². The van der Waals surface area contributed by atoms with E-state index >= 15 is 0 Å². The minimum absolute atomic E-state index is 0.625. The zero-order valence-corrected chi connectivity index (χ0v) is 6.48. The summed E-state index contributed by atoms with van der Waals surface area (Å²) in [6, 6.07) is 0. The van der Waals surface area contributed by atoms with Gasteiger partial charge < -0.3 is 0 Å². The predicted octanol–water partition coefficient (Wildman–Crippen LogP) is 2.84. The first-order valence-electron chi connectivity index (χ1n) is 3.89. The van der Waals surface area contributed by atoms with Crippen LogP contribution >= 0.6 is 0 Å². The second kappa shape index (κ2) is 5.69. The van der Waals surface area contributed by atoms with Crippen molar-refractivity contribution >= 4 is 0 Å². The summed E-state index contributed by atoms with van der Waals surface area (Å²) in [5.41, 5.74) is 0. The van der Waals surface area contributed by atoms with Gasteiger partial charge in [0.2, 0.25) is 0 Å². The van der Waals surface area contributed by atoms with Crippen molar-refractivity contribution in [3.63, 3.8) is 0 Å². The number of rotatable bonds is 0. The van der Waals surface area contributed by atoms with E-state index in [1.165, 1.54) is 25.7 Å². The maximum Gasteiger partial charge on any atom is 0.0200 e. The molecular formula is C9H16. The Morgan fingerprint density at radius 3 is 1.89 bits per heavy atom.